The normalized spacial score (nSPS) is 20.4. The van der Waals surface area contributed by atoms with Crippen molar-refractivity contribution >= 4 is 53.2 Å². The van der Waals surface area contributed by atoms with E-state index in [9.17, 15) is 29.1 Å². The molecule has 2 amide bonds. The summed E-state index contributed by atoms with van der Waals surface area (Å²) in [6, 6.07) is 4.49. The maximum absolute atomic E-state index is 12.7. The van der Waals surface area contributed by atoms with E-state index < -0.39 is 47.2 Å². The zero-order chi connectivity index (χ0) is 24.3. The van der Waals surface area contributed by atoms with Gasteiger partial charge in [-0.25, -0.2) is 4.79 Å². The Labute approximate surface area is 196 Å². The van der Waals surface area contributed by atoms with Gasteiger partial charge in [-0.1, -0.05) is 12.1 Å². The molecule has 0 radical (unpaired) electrons. The van der Waals surface area contributed by atoms with Gasteiger partial charge < -0.3 is 26.0 Å². The van der Waals surface area contributed by atoms with E-state index in [0.29, 0.717) is 16.0 Å². The number of carbonyl (C=O) groups is 5. The minimum Gasteiger partial charge on any atom is -0.481 e. The lowest BCUT2D eigenvalue weighted by molar-refractivity contribution is -0.151. The van der Waals surface area contributed by atoms with Gasteiger partial charge in [-0.3, -0.25) is 24.1 Å². The Morgan fingerprint density at radius 1 is 1.27 bits per heavy atom. The molecule has 176 valence electrons. The Morgan fingerprint density at radius 3 is 2.52 bits per heavy atom. The lowest BCUT2D eigenvalue weighted by atomic mass is 10.0. The highest BCUT2D eigenvalue weighted by Crippen LogP contribution is 2.40. The maximum Gasteiger partial charge on any atom is 0.352 e. The summed E-state index contributed by atoms with van der Waals surface area (Å²) in [4.78, 5) is 60.5. The third-order valence-corrected chi connectivity index (χ3v) is 7.22. The van der Waals surface area contributed by atoms with Gasteiger partial charge in [-0.2, -0.15) is 0 Å². The summed E-state index contributed by atoms with van der Waals surface area (Å²) >= 11 is 2.38. The Kier molecular flexibility index (Phi) is 7.66. The molecule has 3 atom stereocenters. The first-order valence-corrected chi connectivity index (χ1v) is 11.7. The van der Waals surface area contributed by atoms with E-state index in [2.05, 4.69) is 5.32 Å². The van der Waals surface area contributed by atoms with Crippen molar-refractivity contribution in [3.8, 4) is 0 Å². The number of β-lactam (4-membered cyclic amide) rings is 1. The van der Waals surface area contributed by atoms with Crippen LogP contribution in [0.1, 0.15) is 18.5 Å². The number of nitrogens with two attached hydrogens (primary N) is 1. The second kappa shape index (κ2) is 10.3. The summed E-state index contributed by atoms with van der Waals surface area (Å²) in [5, 5.41) is 20.3. The fourth-order valence-corrected chi connectivity index (χ4v) is 5.24. The summed E-state index contributed by atoms with van der Waals surface area (Å²) in [6.07, 6.45) is 0. The Balaban J connectivity index is 1.65. The van der Waals surface area contributed by atoms with Crippen molar-refractivity contribution in [1.82, 2.24) is 10.2 Å². The summed E-state index contributed by atoms with van der Waals surface area (Å²) in [5.74, 6) is -3.91. The highest BCUT2D eigenvalue weighted by molar-refractivity contribution is 8.00. The molecule has 13 heteroatoms. The van der Waals surface area contributed by atoms with Crippen LogP contribution >= 0.6 is 23.5 Å². The molecular weight excluding hydrogens is 474 g/mol. The molecule has 0 saturated carbocycles. The Morgan fingerprint density at radius 2 is 1.94 bits per heavy atom. The number of hydrogen-bond acceptors (Lipinski definition) is 9. The molecule has 1 saturated heterocycles. The number of aliphatic carboxylic acids is 2. The largest absolute Gasteiger partial charge is 0.481 e. The van der Waals surface area contributed by atoms with Gasteiger partial charge >= 0.3 is 17.9 Å². The zero-order valence-electron chi connectivity index (χ0n) is 17.3. The number of benzene rings is 1. The second-order valence-corrected chi connectivity index (χ2v) is 9.32. The van der Waals surface area contributed by atoms with Crippen molar-refractivity contribution in [3.63, 3.8) is 0 Å². The van der Waals surface area contributed by atoms with E-state index in [1.807, 2.05) is 0 Å². The van der Waals surface area contributed by atoms with Crippen molar-refractivity contribution in [2.75, 3.05) is 18.1 Å². The van der Waals surface area contributed by atoms with Crippen LogP contribution in [0, 0.1) is 0 Å². The van der Waals surface area contributed by atoms with Crippen LogP contribution in [0.3, 0.4) is 0 Å². The van der Waals surface area contributed by atoms with Crippen LogP contribution < -0.4 is 11.1 Å². The minimum atomic E-state index is -1.32. The Bertz CT molecular complexity index is 1030. The first-order valence-electron chi connectivity index (χ1n) is 9.64. The van der Waals surface area contributed by atoms with E-state index >= 15 is 0 Å². The van der Waals surface area contributed by atoms with Gasteiger partial charge in [0, 0.05) is 23.1 Å². The van der Waals surface area contributed by atoms with Gasteiger partial charge in [0.1, 0.15) is 29.8 Å². The molecular formula is C20H21N3O8S2. The molecule has 0 aliphatic carbocycles. The van der Waals surface area contributed by atoms with E-state index in [-0.39, 0.29) is 23.8 Å². The number of amides is 2. The molecule has 5 N–H and O–H groups in total. The summed E-state index contributed by atoms with van der Waals surface area (Å²) in [5.41, 5.74) is 6.55. The summed E-state index contributed by atoms with van der Waals surface area (Å²) < 4.78 is 4.88. The number of carboxylic acids is 2. The maximum atomic E-state index is 12.7. The number of ether oxygens (including phenoxy) is 1. The third kappa shape index (κ3) is 5.49. The molecule has 1 aromatic carbocycles. The van der Waals surface area contributed by atoms with Gasteiger partial charge in [-0.15, -0.1) is 23.5 Å². The average molecular weight is 496 g/mol. The molecule has 0 spiro atoms. The van der Waals surface area contributed by atoms with Crippen LogP contribution in [-0.4, -0.2) is 74.4 Å². The van der Waals surface area contributed by atoms with Gasteiger partial charge in [0.05, 0.1) is 5.75 Å². The molecule has 1 fully saturated rings. The molecule has 33 heavy (non-hydrogen) atoms. The van der Waals surface area contributed by atoms with Crippen LogP contribution in [0.2, 0.25) is 0 Å². The fourth-order valence-electron chi connectivity index (χ4n) is 3.29. The van der Waals surface area contributed by atoms with Crippen LogP contribution in [0.5, 0.6) is 0 Å². The van der Waals surface area contributed by atoms with Crippen molar-refractivity contribution in [3.05, 3.63) is 41.1 Å². The number of nitrogens with zero attached hydrogens (tertiary/aromatic N) is 1. The Hall–Kier alpha value is -3.03. The number of nitrogens with one attached hydrogen (secondary N) is 1. The topological polar surface area (TPSA) is 176 Å². The molecule has 1 unspecified atom stereocenters. The summed E-state index contributed by atoms with van der Waals surface area (Å²) in [6.45, 7) is 0.967. The van der Waals surface area contributed by atoms with Gasteiger partial charge in [0.2, 0.25) is 5.91 Å². The van der Waals surface area contributed by atoms with Crippen LogP contribution in [-0.2, 0) is 28.7 Å². The zero-order valence-corrected chi connectivity index (χ0v) is 19.0. The first-order chi connectivity index (χ1) is 15.6. The number of fused-ring (bicyclic) bond motifs is 1. The van der Waals surface area contributed by atoms with E-state index in [0.717, 1.165) is 16.7 Å². The molecule has 2 heterocycles. The molecule has 0 bridgehead atoms. The lowest BCUT2D eigenvalue weighted by Crippen LogP contribution is -2.71. The number of hydrogen-bond donors (Lipinski definition) is 4. The fraction of sp³-hybridized carbons (Fsp3) is 0.350. The van der Waals surface area contributed by atoms with E-state index in [4.69, 9.17) is 15.6 Å². The van der Waals surface area contributed by atoms with Gasteiger partial charge in [-0.05, 0) is 17.7 Å². The quantitative estimate of drug-likeness (QED) is 0.209. The van der Waals surface area contributed by atoms with E-state index in [1.54, 1.807) is 24.3 Å². The molecule has 2 aliphatic heterocycles. The number of thioether (sulfide) groups is 2. The number of esters is 1. The average Bonchev–Trinajstić information content (AvgIpc) is 2.78. The van der Waals surface area contributed by atoms with Gasteiger partial charge in [0.15, 0.2) is 0 Å². The lowest BCUT2D eigenvalue weighted by Gasteiger charge is -2.49. The predicted molar refractivity (Wildman–Crippen MR) is 118 cm³/mol. The second-order valence-electron chi connectivity index (χ2n) is 7.16. The highest BCUT2D eigenvalue weighted by atomic mass is 32.2. The summed E-state index contributed by atoms with van der Waals surface area (Å²) in [7, 11) is 0. The molecule has 11 nitrogen and oxygen atoms in total. The molecule has 2 aliphatic rings. The van der Waals surface area contributed by atoms with Crippen molar-refractivity contribution in [2.45, 2.75) is 29.3 Å². The van der Waals surface area contributed by atoms with Crippen LogP contribution in [0.25, 0.3) is 0 Å². The standard InChI is InChI=1S/C20H21N3O8S2/c1-9(24)31-6-11-7-33-19-15(18(28)23(19)16(11)20(29)30)22-17(27)14(21)10-2-4-12(5-3-10)32-8-13(25)26/h2-5,14-15,19H,6-8,21H2,1H3,(H,22,27)(H,25,26)(H,29,30)/t14?,15-,19-/m1/s1. The van der Waals surface area contributed by atoms with Crippen molar-refractivity contribution < 1.29 is 38.9 Å². The SMILES string of the molecule is CC(=O)OCC1=C(C(=O)O)N2C(=O)[C@@H](NC(=O)C(N)c3ccc(SCC(=O)O)cc3)[C@H]2SC1. The van der Waals surface area contributed by atoms with Crippen LogP contribution in [0.4, 0.5) is 0 Å². The molecule has 1 aromatic rings. The first kappa shape index (κ1) is 24.6. The smallest absolute Gasteiger partial charge is 0.352 e. The van der Waals surface area contributed by atoms with Crippen molar-refractivity contribution in [1.29, 1.82) is 0 Å². The number of carbonyl (C=O) groups excluding carboxylic acids is 3. The van der Waals surface area contributed by atoms with Crippen molar-refractivity contribution in [2.24, 2.45) is 5.73 Å². The predicted octanol–water partition coefficient (Wildman–Crippen LogP) is 0.165. The molecule has 0 aromatic heterocycles. The number of carboxylic acid groups (broad SMARTS) is 2. The monoisotopic (exact) mass is 495 g/mol. The van der Waals surface area contributed by atoms with Crippen LogP contribution in [0.15, 0.2) is 40.4 Å². The molecule has 3 rings (SSSR count). The highest BCUT2D eigenvalue weighted by Gasteiger charge is 2.54. The van der Waals surface area contributed by atoms with Gasteiger partial charge in [0.25, 0.3) is 5.91 Å². The van der Waals surface area contributed by atoms with E-state index in [1.165, 1.54) is 18.7 Å². The third-order valence-electron chi connectivity index (χ3n) is 4.88. The number of rotatable bonds is 9. The minimum absolute atomic E-state index is 0.0966.